The Bertz CT molecular complexity index is 928. The van der Waals surface area contributed by atoms with Gasteiger partial charge in [0.05, 0.1) is 24.6 Å². The number of aromatic hydroxyl groups is 2. The van der Waals surface area contributed by atoms with Gasteiger partial charge in [-0.3, -0.25) is 0 Å². The Balaban J connectivity index is 1.93. The minimum Gasteiger partial charge on any atom is -0.507 e. The molecular formula is C19H21N3O6. The van der Waals surface area contributed by atoms with Crippen molar-refractivity contribution in [3.8, 4) is 11.5 Å². The number of aryl methyl sites for hydroxylation is 1. The zero-order chi connectivity index (χ0) is 20.3. The molecule has 1 aromatic heterocycles. The number of carbonyl (C=O) groups is 1. The van der Waals surface area contributed by atoms with E-state index in [1.165, 1.54) is 18.2 Å². The Morgan fingerprint density at radius 3 is 2.57 bits per heavy atom. The normalized spacial score (nSPS) is 16.7. The summed E-state index contributed by atoms with van der Waals surface area (Å²) in [6.07, 6.45) is 1.25. The van der Waals surface area contributed by atoms with Crippen LogP contribution >= 0.6 is 0 Å². The zero-order valence-electron chi connectivity index (χ0n) is 15.5. The molecule has 148 valence electrons. The lowest BCUT2D eigenvalue weighted by molar-refractivity contribution is -0.152. The average molecular weight is 387 g/mol. The SMILES string of the molecule is CCCC1OCc2c(N=Nc3ccc(C(=O)O)c(O)c3)nc(C)c(O)c2CO1. The molecule has 3 rings (SSSR count). The molecule has 3 N–H and O–H groups in total. The highest BCUT2D eigenvalue weighted by atomic mass is 16.7. The molecule has 0 amide bonds. The van der Waals surface area contributed by atoms with Gasteiger partial charge in [-0.25, -0.2) is 9.78 Å². The maximum Gasteiger partial charge on any atom is 0.339 e. The molecule has 2 aromatic rings. The molecule has 0 bridgehead atoms. The first-order chi connectivity index (χ1) is 13.4. The van der Waals surface area contributed by atoms with E-state index in [1.54, 1.807) is 6.92 Å². The van der Waals surface area contributed by atoms with Crippen LogP contribution in [-0.2, 0) is 22.7 Å². The third-order valence-electron chi connectivity index (χ3n) is 4.36. The van der Waals surface area contributed by atoms with Crippen molar-refractivity contribution in [2.24, 2.45) is 10.2 Å². The lowest BCUT2D eigenvalue weighted by atomic mass is 10.1. The summed E-state index contributed by atoms with van der Waals surface area (Å²) in [6.45, 7) is 4.01. The molecule has 0 radical (unpaired) electrons. The maximum atomic E-state index is 11.0. The van der Waals surface area contributed by atoms with Crippen LogP contribution in [0.25, 0.3) is 0 Å². The minimum atomic E-state index is -1.24. The first-order valence-corrected chi connectivity index (χ1v) is 8.83. The number of carboxylic acids is 1. The highest BCUT2D eigenvalue weighted by Gasteiger charge is 2.24. The van der Waals surface area contributed by atoms with E-state index in [1.807, 2.05) is 6.92 Å². The molecule has 1 unspecified atom stereocenters. The second-order valence-electron chi connectivity index (χ2n) is 6.37. The fraction of sp³-hybridized carbons (Fsp3) is 0.368. The van der Waals surface area contributed by atoms with Crippen molar-refractivity contribution in [2.75, 3.05) is 0 Å². The summed E-state index contributed by atoms with van der Waals surface area (Å²) >= 11 is 0. The molecule has 1 aromatic carbocycles. The van der Waals surface area contributed by atoms with E-state index in [0.717, 1.165) is 12.8 Å². The van der Waals surface area contributed by atoms with Crippen LogP contribution in [0.15, 0.2) is 28.4 Å². The van der Waals surface area contributed by atoms with Gasteiger partial charge in [0.15, 0.2) is 12.1 Å². The molecule has 9 heteroatoms. The highest BCUT2D eigenvalue weighted by Crippen LogP contribution is 2.35. The van der Waals surface area contributed by atoms with E-state index in [-0.39, 0.29) is 42.3 Å². The number of phenols is 1. The topological polar surface area (TPSA) is 134 Å². The van der Waals surface area contributed by atoms with E-state index < -0.39 is 11.7 Å². The highest BCUT2D eigenvalue weighted by molar-refractivity contribution is 5.91. The van der Waals surface area contributed by atoms with Gasteiger partial charge in [0.25, 0.3) is 0 Å². The van der Waals surface area contributed by atoms with Gasteiger partial charge < -0.3 is 24.8 Å². The number of fused-ring (bicyclic) bond motifs is 1. The van der Waals surface area contributed by atoms with Crippen molar-refractivity contribution >= 4 is 17.5 Å². The smallest absolute Gasteiger partial charge is 0.339 e. The number of aromatic carboxylic acids is 1. The Morgan fingerprint density at radius 1 is 1.21 bits per heavy atom. The Hall–Kier alpha value is -3.04. The maximum absolute atomic E-state index is 11.0. The first kappa shape index (κ1) is 19.7. The summed E-state index contributed by atoms with van der Waals surface area (Å²) < 4.78 is 11.4. The summed E-state index contributed by atoms with van der Waals surface area (Å²) in [5, 5.41) is 37.3. The monoisotopic (exact) mass is 387 g/mol. The Kier molecular flexibility index (Phi) is 5.86. The number of aromatic nitrogens is 1. The summed E-state index contributed by atoms with van der Waals surface area (Å²) in [7, 11) is 0. The fourth-order valence-corrected chi connectivity index (χ4v) is 2.84. The number of pyridine rings is 1. The second-order valence-corrected chi connectivity index (χ2v) is 6.37. The van der Waals surface area contributed by atoms with Crippen molar-refractivity contribution in [3.63, 3.8) is 0 Å². The van der Waals surface area contributed by atoms with Crippen LogP contribution in [0.5, 0.6) is 11.5 Å². The molecule has 2 heterocycles. The quantitative estimate of drug-likeness (QED) is 0.658. The van der Waals surface area contributed by atoms with Crippen molar-refractivity contribution < 1.29 is 29.6 Å². The summed E-state index contributed by atoms with van der Waals surface area (Å²) in [5.74, 6) is -1.33. The predicted octanol–water partition coefficient (Wildman–Crippen LogP) is 4.09. The van der Waals surface area contributed by atoms with Crippen molar-refractivity contribution in [3.05, 3.63) is 40.6 Å². The molecule has 0 aliphatic carbocycles. The largest absolute Gasteiger partial charge is 0.507 e. The molecule has 0 fully saturated rings. The predicted molar refractivity (Wildman–Crippen MR) is 98.2 cm³/mol. The van der Waals surface area contributed by atoms with Crippen LogP contribution in [0.1, 0.15) is 46.9 Å². The number of rotatable bonds is 5. The molecule has 0 saturated heterocycles. The van der Waals surface area contributed by atoms with Crippen LogP contribution < -0.4 is 0 Å². The van der Waals surface area contributed by atoms with Gasteiger partial charge in [-0.05, 0) is 25.5 Å². The van der Waals surface area contributed by atoms with Gasteiger partial charge in [-0.1, -0.05) is 13.3 Å². The van der Waals surface area contributed by atoms with E-state index in [0.29, 0.717) is 16.8 Å². The summed E-state index contributed by atoms with van der Waals surface area (Å²) in [4.78, 5) is 15.3. The Labute approximate surface area is 161 Å². The van der Waals surface area contributed by atoms with Gasteiger partial charge >= 0.3 is 5.97 Å². The molecule has 0 spiro atoms. The number of ether oxygens (including phenoxy) is 2. The zero-order valence-corrected chi connectivity index (χ0v) is 15.5. The number of carboxylic acid groups (broad SMARTS) is 1. The van der Waals surface area contributed by atoms with E-state index in [4.69, 9.17) is 14.6 Å². The van der Waals surface area contributed by atoms with Crippen molar-refractivity contribution in [1.82, 2.24) is 4.98 Å². The molecule has 1 aliphatic heterocycles. The first-order valence-electron chi connectivity index (χ1n) is 8.83. The summed E-state index contributed by atoms with van der Waals surface area (Å²) in [6, 6.07) is 3.87. The standard InChI is InChI=1S/C19H21N3O6/c1-3-4-16-27-8-13-14(9-28-16)18(20-10(2)17(13)24)22-21-11-5-6-12(19(25)26)15(23)7-11/h5-7,16,23-24H,3-4,8-9H2,1-2H3,(H,25,26). The van der Waals surface area contributed by atoms with Gasteiger partial charge in [-0.15, -0.1) is 10.2 Å². The van der Waals surface area contributed by atoms with Crippen LogP contribution in [0.4, 0.5) is 11.5 Å². The van der Waals surface area contributed by atoms with Gasteiger partial charge in [-0.2, -0.15) is 0 Å². The molecule has 9 nitrogen and oxygen atoms in total. The number of benzene rings is 1. The van der Waals surface area contributed by atoms with Crippen LogP contribution in [-0.4, -0.2) is 32.6 Å². The van der Waals surface area contributed by atoms with Crippen LogP contribution in [0.2, 0.25) is 0 Å². The molecular weight excluding hydrogens is 366 g/mol. The van der Waals surface area contributed by atoms with Gasteiger partial charge in [0, 0.05) is 17.2 Å². The lowest BCUT2D eigenvalue weighted by Crippen LogP contribution is -2.13. The van der Waals surface area contributed by atoms with Crippen LogP contribution in [0, 0.1) is 6.92 Å². The van der Waals surface area contributed by atoms with Crippen molar-refractivity contribution in [2.45, 2.75) is 46.2 Å². The number of azo groups is 1. The minimum absolute atomic E-state index is 0.0400. The fourth-order valence-electron chi connectivity index (χ4n) is 2.84. The number of hydrogen-bond donors (Lipinski definition) is 3. The van der Waals surface area contributed by atoms with Crippen LogP contribution in [0.3, 0.4) is 0 Å². The summed E-state index contributed by atoms with van der Waals surface area (Å²) in [5.41, 5.74) is 1.56. The molecule has 1 atom stereocenters. The molecule has 1 aliphatic rings. The molecule has 28 heavy (non-hydrogen) atoms. The second kappa shape index (κ2) is 8.32. The third kappa shape index (κ3) is 4.10. The third-order valence-corrected chi connectivity index (χ3v) is 4.36. The van der Waals surface area contributed by atoms with E-state index >= 15 is 0 Å². The number of nitrogens with zero attached hydrogens (tertiary/aromatic N) is 3. The van der Waals surface area contributed by atoms with Crippen molar-refractivity contribution in [1.29, 1.82) is 0 Å². The van der Waals surface area contributed by atoms with Gasteiger partial charge in [0.2, 0.25) is 0 Å². The average Bonchev–Trinajstić information content (AvgIpc) is 2.87. The lowest BCUT2D eigenvalue weighted by Gasteiger charge is -2.13. The number of hydrogen-bond acceptors (Lipinski definition) is 8. The molecule has 0 saturated carbocycles. The van der Waals surface area contributed by atoms with Gasteiger partial charge in [0.1, 0.15) is 17.1 Å². The van der Waals surface area contributed by atoms with E-state index in [9.17, 15) is 15.0 Å². The Morgan fingerprint density at radius 2 is 1.93 bits per heavy atom. The van der Waals surface area contributed by atoms with E-state index in [2.05, 4.69) is 15.2 Å².